The van der Waals surface area contributed by atoms with E-state index in [2.05, 4.69) is 20.6 Å². The molecule has 0 aliphatic carbocycles. The summed E-state index contributed by atoms with van der Waals surface area (Å²) in [5.41, 5.74) is 0.829. The van der Waals surface area contributed by atoms with E-state index in [0.717, 1.165) is 6.42 Å². The maximum absolute atomic E-state index is 12.4. The van der Waals surface area contributed by atoms with Gasteiger partial charge in [-0.2, -0.15) is 0 Å². The first-order valence-electron chi connectivity index (χ1n) is 7.77. The Morgan fingerprint density at radius 1 is 1.24 bits per heavy atom. The average Bonchev–Trinajstić information content (AvgIpc) is 2.58. The third-order valence-electron chi connectivity index (χ3n) is 3.31. The molecule has 134 valence electrons. The van der Waals surface area contributed by atoms with Gasteiger partial charge in [0.25, 0.3) is 5.91 Å². The first-order chi connectivity index (χ1) is 12.0. The number of carbonyl (C=O) groups is 1. The van der Waals surface area contributed by atoms with Crippen molar-refractivity contribution in [2.75, 3.05) is 38.0 Å². The summed E-state index contributed by atoms with van der Waals surface area (Å²) in [6, 6.07) is 6.63. The third-order valence-corrected chi connectivity index (χ3v) is 3.61. The Balaban J connectivity index is 2.08. The summed E-state index contributed by atoms with van der Waals surface area (Å²) in [4.78, 5) is 20.9. The molecule has 0 unspecified atom stereocenters. The molecule has 1 aromatic carbocycles. The van der Waals surface area contributed by atoms with Gasteiger partial charge in [-0.25, -0.2) is 9.97 Å². The van der Waals surface area contributed by atoms with Crippen molar-refractivity contribution in [2.45, 2.75) is 13.3 Å². The largest absolute Gasteiger partial charge is 0.495 e. The number of hydrogen-bond donors (Lipinski definition) is 2. The number of methoxy groups -OCH3 is 2. The highest BCUT2D eigenvalue weighted by molar-refractivity contribution is 6.32. The van der Waals surface area contributed by atoms with E-state index in [1.807, 2.05) is 0 Å². The zero-order chi connectivity index (χ0) is 18.2. The number of nitrogens with one attached hydrogen (secondary N) is 2. The van der Waals surface area contributed by atoms with Crippen LogP contribution in [-0.4, -0.2) is 43.2 Å². The molecule has 0 spiro atoms. The minimum Gasteiger partial charge on any atom is -0.495 e. The van der Waals surface area contributed by atoms with Gasteiger partial charge in [0.05, 0.1) is 12.1 Å². The fourth-order valence-corrected chi connectivity index (χ4v) is 2.40. The van der Waals surface area contributed by atoms with Crippen LogP contribution in [0.3, 0.4) is 0 Å². The van der Waals surface area contributed by atoms with Gasteiger partial charge in [-0.3, -0.25) is 4.79 Å². The quantitative estimate of drug-likeness (QED) is 0.700. The van der Waals surface area contributed by atoms with Crippen LogP contribution in [0.25, 0.3) is 0 Å². The smallest absolute Gasteiger partial charge is 0.274 e. The van der Waals surface area contributed by atoms with Gasteiger partial charge in [0.1, 0.15) is 23.1 Å². The van der Waals surface area contributed by atoms with Crippen molar-refractivity contribution in [3.8, 4) is 5.75 Å². The highest BCUT2D eigenvalue weighted by Gasteiger charge is 2.12. The molecule has 7 nitrogen and oxygen atoms in total. The number of carbonyl (C=O) groups excluding carboxylic acids is 1. The number of ether oxygens (including phenoxy) is 2. The zero-order valence-electron chi connectivity index (χ0n) is 14.4. The van der Waals surface area contributed by atoms with Gasteiger partial charge in [-0.1, -0.05) is 11.6 Å². The number of amides is 1. The molecule has 0 saturated carbocycles. The Morgan fingerprint density at radius 2 is 2.04 bits per heavy atom. The first-order valence-corrected chi connectivity index (χ1v) is 8.14. The van der Waals surface area contributed by atoms with Gasteiger partial charge in [-0.05, 0) is 31.5 Å². The standard InChI is InChI=1S/C17H21ClN4O3/c1-11-20-14(10-16(21-11)19-7-4-8-24-2)17(23)22-12-5-6-15(25-3)13(18)9-12/h5-6,9-10H,4,7-8H2,1-3H3,(H,22,23)(H,19,20,21). The molecule has 0 bridgehead atoms. The van der Waals surface area contributed by atoms with Gasteiger partial charge in [-0.15, -0.1) is 0 Å². The fraction of sp³-hybridized carbons (Fsp3) is 0.353. The monoisotopic (exact) mass is 364 g/mol. The molecule has 8 heteroatoms. The summed E-state index contributed by atoms with van der Waals surface area (Å²) in [5.74, 6) is 1.31. The molecule has 0 fully saturated rings. The number of halogens is 1. The molecule has 1 aromatic heterocycles. The van der Waals surface area contributed by atoms with Gasteiger partial charge in [0.15, 0.2) is 0 Å². The van der Waals surface area contributed by atoms with Crippen LogP contribution in [0.4, 0.5) is 11.5 Å². The number of rotatable bonds is 8. The molecule has 25 heavy (non-hydrogen) atoms. The van der Waals surface area contributed by atoms with E-state index in [4.69, 9.17) is 21.1 Å². The van der Waals surface area contributed by atoms with Crippen LogP contribution in [0.5, 0.6) is 5.75 Å². The minimum atomic E-state index is -0.341. The van der Waals surface area contributed by atoms with Crippen LogP contribution in [0.15, 0.2) is 24.3 Å². The maximum atomic E-state index is 12.4. The molecule has 0 aliphatic heterocycles. The average molecular weight is 365 g/mol. The molecule has 0 aliphatic rings. The lowest BCUT2D eigenvalue weighted by Gasteiger charge is -2.10. The Hall–Kier alpha value is -2.38. The van der Waals surface area contributed by atoms with E-state index >= 15 is 0 Å². The summed E-state index contributed by atoms with van der Waals surface area (Å²) in [5, 5.41) is 6.34. The van der Waals surface area contributed by atoms with Crippen LogP contribution in [0, 0.1) is 6.92 Å². The lowest BCUT2D eigenvalue weighted by atomic mass is 10.2. The van der Waals surface area contributed by atoms with Gasteiger partial charge in [0.2, 0.25) is 0 Å². The minimum absolute atomic E-state index is 0.272. The zero-order valence-corrected chi connectivity index (χ0v) is 15.2. The molecule has 1 amide bonds. The molecule has 2 N–H and O–H groups in total. The van der Waals surface area contributed by atoms with Crippen LogP contribution in [0.2, 0.25) is 5.02 Å². The van der Waals surface area contributed by atoms with Crippen LogP contribution in [0.1, 0.15) is 22.7 Å². The van der Waals surface area contributed by atoms with Crippen molar-refractivity contribution < 1.29 is 14.3 Å². The topological polar surface area (TPSA) is 85.4 Å². The highest BCUT2D eigenvalue weighted by Crippen LogP contribution is 2.27. The van der Waals surface area contributed by atoms with Crippen molar-refractivity contribution in [3.63, 3.8) is 0 Å². The van der Waals surface area contributed by atoms with E-state index in [9.17, 15) is 4.79 Å². The van der Waals surface area contributed by atoms with Crippen molar-refractivity contribution in [2.24, 2.45) is 0 Å². The van der Waals surface area contributed by atoms with Crippen molar-refractivity contribution in [3.05, 3.63) is 40.8 Å². The lowest BCUT2D eigenvalue weighted by molar-refractivity contribution is 0.102. The third kappa shape index (κ3) is 5.58. The highest BCUT2D eigenvalue weighted by atomic mass is 35.5. The number of anilines is 2. The first kappa shape index (κ1) is 19.0. The molecule has 0 saturated heterocycles. The summed E-state index contributed by atoms with van der Waals surface area (Å²) < 4.78 is 10.1. The van der Waals surface area contributed by atoms with Crippen molar-refractivity contribution >= 4 is 29.0 Å². The molecule has 1 heterocycles. The summed E-state index contributed by atoms with van der Waals surface area (Å²) in [7, 11) is 3.19. The number of aromatic nitrogens is 2. The van der Waals surface area contributed by atoms with Gasteiger partial charge >= 0.3 is 0 Å². The molecule has 2 rings (SSSR count). The summed E-state index contributed by atoms with van der Waals surface area (Å²) in [6.45, 7) is 3.09. The summed E-state index contributed by atoms with van der Waals surface area (Å²) >= 11 is 6.07. The predicted octanol–water partition coefficient (Wildman–Crippen LogP) is 3.15. The predicted molar refractivity (Wildman–Crippen MR) is 97.7 cm³/mol. The fourth-order valence-electron chi connectivity index (χ4n) is 2.15. The van der Waals surface area contributed by atoms with Crippen LogP contribution < -0.4 is 15.4 Å². The number of nitrogens with zero attached hydrogens (tertiary/aromatic N) is 2. The SMILES string of the molecule is COCCCNc1cc(C(=O)Nc2ccc(OC)c(Cl)c2)nc(C)n1. The van der Waals surface area contributed by atoms with Crippen molar-refractivity contribution in [1.82, 2.24) is 9.97 Å². The number of benzene rings is 1. The second-order valence-corrected chi connectivity index (χ2v) is 5.67. The van der Waals surface area contributed by atoms with E-state index in [0.29, 0.717) is 41.3 Å². The van der Waals surface area contributed by atoms with Gasteiger partial charge < -0.3 is 20.1 Å². The molecule has 0 radical (unpaired) electrons. The van der Waals surface area contributed by atoms with E-state index < -0.39 is 0 Å². The second kappa shape index (κ2) is 9.19. The Labute approximate surface area is 151 Å². The Kier molecular flexibility index (Phi) is 6.97. The molecular weight excluding hydrogens is 344 g/mol. The van der Waals surface area contributed by atoms with Gasteiger partial charge in [0, 0.05) is 32.0 Å². The van der Waals surface area contributed by atoms with E-state index in [1.54, 1.807) is 38.3 Å². The molecular formula is C17H21ClN4O3. The van der Waals surface area contributed by atoms with Crippen LogP contribution in [-0.2, 0) is 4.74 Å². The Morgan fingerprint density at radius 3 is 2.72 bits per heavy atom. The number of hydrogen-bond acceptors (Lipinski definition) is 6. The lowest BCUT2D eigenvalue weighted by Crippen LogP contribution is -2.16. The summed E-state index contributed by atoms with van der Waals surface area (Å²) in [6.07, 6.45) is 0.839. The van der Waals surface area contributed by atoms with E-state index in [1.165, 1.54) is 7.11 Å². The van der Waals surface area contributed by atoms with Crippen LogP contribution >= 0.6 is 11.6 Å². The number of aryl methyl sites for hydroxylation is 1. The molecule has 0 atom stereocenters. The Bertz CT molecular complexity index is 740. The molecule has 2 aromatic rings. The maximum Gasteiger partial charge on any atom is 0.274 e. The van der Waals surface area contributed by atoms with Crippen molar-refractivity contribution in [1.29, 1.82) is 0 Å². The second-order valence-electron chi connectivity index (χ2n) is 5.26. The van der Waals surface area contributed by atoms with E-state index in [-0.39, 0.29) is 11.6 Å². The normalized spacial score (nSPS) is 10.4.